The first kappa shape index (κ1) is 31.2. The number of carbonyl (C=O) groups is 2. The number of nitrogens with one attached hydrogen (secondary N) is 1. The Morgan fingerprint density at radius 2 is 1.68 bits per heavy atom. The molecule has 1 aliphatic heterocycles. The topological polar surface area (TPSA) is 82.1 Å². The van der Waals surface area contributed by atoms with E-state index >= 15 is 0 Å². The average Bonchev–Trinajstić information content (AvgIpc) is 3.73. The van der Waals surface area contributed by atoms with Gasteiger partial charge in [0, 0.05) is 18.2 Å². The number of urea groups is 1. The second-order valence-electron chi connectivity index (χ2n) is 10.6. The van der Waals surface area contributed by atoms with E-state index in [1.165, 1.54) is 0 Å². The van der Waals surface area contributed by atoms with Gasteiger partial charge >= 0.3 is 18.2 Å². The van der Waals surface area contributed by atoms with Crippen LogP contribution in [-0.4, -0.2) is 65.4 Å². The van der Waals surface area contributed by atoms with Crippen LogP contribution in [-0.2, 0) is 17.9 Å². The molecule has 4 rings (SSSR count). The predicted octanol–water partition coefficient (Wildman–Crippen LogP) is 5.93. The molecule has 0 bridgehead atoms. The number of hydrogen-bond acceptors (Lipinski definition) is 4. The number of rotatable bonds is 8. The number of alkyl halides is 3. The van der Waals surface area contributed by atoms with E-state index in [0.29, 0.717) is 18.0 Å². The third kappa shape index (κ3) is 9.69. The molecule has 11 heteroatoms. The fraction of sp³-hybridized carbons (Fsp3) is 0.517. The summed E-state index contributed by atoms with van der Waals surface area (Å²) in [5, 5.41) is 10.2. The molecule has 0 radical (unpaired) electrons. The second kappa shape index (κ2) is 13.8. The van der Waals surface area contributed by atoms with Gasteiger partial charge in [-0.3, -0.25) is 0 Å². The number of ether oxygens (including phenoxy) is 1. The van der Waals surface area contributed by atoms with Gasteiger partial charge in [0.2, 0.25) is 0 Å². The third-order valence-electron chi connectivity index (χ3n) is 6.84. The quantitative estimate of drug-likeness (QED) is 0.387. The van der Waals surface area contributed by atoms with Crippen molar-refractivity contribution >= 4 is 12.0 Å². The molecule has 1 heterocycles. The highest BCUT2D eigenvalue weighted by Crippen LogP contribution is 2.40. The Bertz CT molecular complexity index is 1130. The molecule has 0 unspecified atom stereocenters. The van der Waals surface area contributed by atoms with E-state index in [-0.39, 0.29) is 30.5 Å². The zero-order valence-corrected chi connectivity index (χ0v) is 23.0. The Balaban J connectivity index is 0.000000559. The molecule has 1 saturated carbocycles. The summed E-state index contributed by atoms with van der Waals surface area (Å²) >= 11 is 0. The van der Waals surface area contributed by atoms with Gasteiger partial charge in [-0.15, -0.1) is 0 Å². The number of piperidine rings is 1. The fourth-order valence-electron chi connectivity index (χ4n) is 4.46. The number of carboxylic acids is 1. The Labute approximate surface area is 232 Å². The van der Waals surface area contributed by atoms with E-state index < -0.39 is 12.1 Å². The number of benzene rings is 2. The summed E-state index contributed by atoms with van der Waals surface area (Å²) in [6.45, 7) is 6.58. The van der Waals surface area contributed by atoms with Gasteiger partial charge in [-0.2, -0.15) is 13.2 Å². The van der Waals surface area contributed by atoms with Gasteiger partial charge in [0.25, 0.3) is 0 Å². The molecular weight excluding hydrogens is 530 g/mol. The molecule has 7 nitrogen and oxygen atoms in total. The number of aliphatic carboxylic acids is 1. The highest BCUT2D eigenvalue weighted by Gasteiger charge is 2.38. The van der Waals surface area contributed by atoms with E-state index in [1.54, 1.807) is 6.07 Å². The van der Waals surface area contributed by atoms with Gasteiger partial charge in [0.1, 0.15) is 11.6 Å². The number of hydrogen-bond donors (Lipinski definition) is 2. The first-order chi connectivity index (χ1) is 18.8. The molecule has 1 saturated heterocycles. The smallest absolute Gasteiger partial charge is 0.490 e. The third-order valence-corrected chi connectivity index (χ3v) is 6.84. The Kier molecular flexibility index (Phi) is 10.8. The van der Waals surface area contributed by atoms with Crippen LogP contribution in [0.25, 0.3) is 0 Å². The summed E-state index contributed by atoms with van der Waals surface area (Å²) in [6, 6.07) is 13.3. The molecule has 40 heavy (non-hydrogen) atoms. The number of carbonyl (C=O) groups excluding carboxylic acids is 1. The van der Waals surface area contributed by atoms with Crippen LogP contribution in [0.1, 0.15) is 62.1 Å². The van der Waals surface area contributed by atoms with Crippen molar-refractivity contribution in [2.45, 2.75) is 76.9 Å². The predicted molar refractivity (Wildman–Crippen MR) is 143 cm³/mol. The van der Waals surface area contributed by atoms with Gasteiger partial charge in [-0.1, -0.05) is 24.3 Å². The lowest BCUT2D eigenvalue weighted by atomic mass is 10.0. The highest BCUT2D eigenvalue weighted by atomic mass is 19.4. The lowest BCUT2D eigenvalue weighted by molar-refractivity contribution is -0.192. The molecule has 2 aromatic carbocycles. The van der Waals surface area contributed by atoms with Crippen LogP contribution in [0.3, 0.4) is 0 Å². The molecule has 2 aromatic rings. The molecule has 2 fully saturated rings. The maximum Gasteiger partial charge on any atom is 0.490 e. The maximum absolute atomic E-state index is 14.9. The van der Waals surface area contributed by atoms with Gasteiger partial charge in [0.05, 0.1) is 12.6 Å². The molecule has 2 N–H and O–H groups in total. The van der Waals surface area contributed by atoms with Crippen molar-refractivity contribution in [3.63, 3.8) is 0 Å². The molecule has 220 valence electrons. The number of halogens is 4. The van der Waals surface area contributed by atoms with Crippen LogP contribution in [0.4, 0.5) is 22.4 Å². The van der Waals surface area contributed by atoms with Crippen LogP contribution >= 0.6 is 0 Å². The van der Waals surface area contributed by atoms with Gasteiger partial charge in [-0.05, 0) is 94.9 Å². The zero-order valence-electron chi connectivity index (χ0n) is 23.0. The monoisotopic (exact) mass is 567 g/mol. The molecule has 1 aliphatic carbocycles. The van der Waals surface area contributed by atoms with Crippen LogP contribution < -0.4 is 10.1 Å². The van der Waals surface area contributed by atoms with E-state index in [2.05, 4.69) is 17.3 Å². The Morgan fingerprint density at radius 1 is 1.07 bits per heavy atom. The van der Waals surface area contributed by atoms with Crippen LogP contribution in [0.15, 0.2) is 42.5 Å². The molecular formula is C29H37F4N3O4. The van der Waals surface area contributed by atoms with Crippen molar-refractivity contribution in [1.29, 1.82) is 0 Å². The fourth-order valence-corrected chi connectivity index (χ4v) is 4.46. The van der Waals surface area contributed by atoms with Crippen molar-refractivity contribution in [3.05, 3.63) is 65.0 Å². The zero-order chi connectivity index (χ0) is 29.4. The lowest BCUT2D eigenvalue weighted by Crippen LogP contribution is -2.49. The van der Waals surface area contributed by atoms with E-state index in [1.807, 2.05) is 55.1 Å². The maximum atomic E-state index is 14.9. The molecule has 2 amide bonds. The van der Waals surface area contributed by atoms with Crippen molar-refractivity contribution in [3.8, 4) is 5.75 Å². The SMILES string of the molecule is CC(C)Oc1ccc(CNC(=O)N(Cc2ccc(C3CC3)cc2F)C2CCN(C)CC2)cc1.O=C(O)C(F)(F)F. The molecule has 0 aromatic heterocycles. The van der Waals surface area contributed by atoms with Crippen molar-refractivity contribution in [2.75, 3.05) is 20.1 Å². The average molecular weight is 568 g/mol. The summed E-state index contributed by atoms with van der Waals surface area (Å²) in [5.74, 6) is -1.63. The van der Waals surface area contributed by atoms with Crippen LogP contribution in [0.5, 0.6) is 5.75 Å². The molecule has 0 atom stereocenters. The van der Waals surface area contributed by atoms with Crippen molar-refractivity contribution in [2.24, 2.45) is 0 Å². The summed E-state index contributed by atoms with van der Waals surface area (Å²) < 4.78 is 52.3. The number of amides is 2. The van der Waals surface area contributed by atoms with E-state index in [9.17, 15) is 22.4 Å². The van der Waals surface area contributed by atoms with Gasteiger partial charge in [-0.25, -0.2) is 14.0 Å². The van der Waals surface area contributed by atoms with Gasteiger partial charge < -0.3 is 25.0 Å². The minimum Gasteiger partial charge on any atom is -0.491 e. The normalized spacial score (nSPS) is 16.2. The lowest BCUT2D eigenvalue weighted by Gasteiger charge is -2.37. The summed E-state index contributed by atoms with van der Waals surface area (Å²) in [5.41, 5.74) is 2.67. The number of likely N-dealkylation sites (tertiary alicyclic amines) is 1. The summed E-state index contributed by atoms with van der Waals surface area (Å²) in [6.07, 6.45) is -0.877. The Morgan fingerprint density at radius 3 is 2.17 bits per heavy atom. The summed E-state index contributed by atoms with van der Waals surface area (Å²) in [4.78, 5) is 26.3. The second-order valence-corrected chi connectivity index (χ2v) is 10.6. The highest BCUT2D eigenvalue weighted by molar-refractivity contribution is 5.74. The van der Waals surface area contributed by atoms with Crippen molar-refractivity contribution < 1.29 is 37.0 Å². The van der Waals surface area contributed by atoms with E-state index in [0.717, 1.165) is 55.6 Å². The van der Waals surface area contributed by atoms with Crippen LogP contribution in [0.2, 0.25) is 0 Å². The standard InChI is InChI=1S/C27H36FN3O2.C2HF3O2/c1-19(2)33-25-10-4-20(5-11-25)17-29-27(32)31(24-12-14-30(3)15-13-24)18-23-9-8-22(16-26(23)28)21-6-7-21;3-2(4,5)1(6)7/h4-5,8-11,16,19,21,24H,6-7,12-15,17-18H2,1-3H3,(H,29,32);(H,6,7). The van der Waals surface area contributed by atoms with Crippen molar-refractivity contribution in [1.82, 2.24) is 15.1 Å². The number of carboxylic acid groups (broad SMARTS) is 1. The Hall–Kier alpha value is -3.34. The van der Waals surface area contributed by atoms with Gasteiger partial charge in [0.15, 0.2) is 0 Å². The minimum absolute atomic E-state index is 0.102. The first-order valence-corrected chi connectivity index (χ1v) is 13.4. The molecule has 0 spiro atoms. The summed E-state index contributed by atoms with van der Waals surface area (Å²) in [7, 11) is 2.10. The van der Waals surface area contributed by atoms with E-state index in [4.69, 9.17) is 14.6 Å². The van der Waals surface area contributed by atoms with Crippen LogP contribution in [0, 0.1) is 5.82 Å². The molecule has 2 aliphatic rings. The minimum atomic E-state index is -5.08. The first-order valence-electron chi connectivity index (χ1n) is 13.4. The largest absolute Gasteiger partial charge is 0.491 e. The number of nitrogens with zero attached hydrogens (tertiary/aromatic N) is 2.